The average Bonchev–Trinajstić information content (AvgIpc) is 2.61. The average molecular weight is 447 g/mol. The van der Waals surface area contributed by atoms with Gasteiger partial charge in [-0.15, -0.1) is 0 Å². The van der Waals surface area contributed by atoms with Crippen LogP contribution in [0, 0.1) is 0 Å². The van der Waals surface area contributed by atoms with Crippen molar-refractivity contribution in [3.63, 3.8) is 0 Å². The molecule has 0 fully saturated rings. The number of rotatable bonds is 13. The molecule has 0 aromatic rings. The van der Waals surface area contributed by atoms with Crippen molar-refractivity contribution in [1.29, 1.82) is 0 Å². The maximum absolute atomic E-state index is 12.2. The number of nitrogens with two attached hydrogens (primary N) is 1. The van der Waals surface area contributed by atoms with Crippen molar-refractivity contribution in [3.05, 3.63) is 0 Å². The van der Waals surface area contributed by atoms with Gasteiger partial charge in [-0.05, 0) is 59.9 Å². The molecule has 0 saturated heterocycles. The van der Waals surface area contributed by atoms with Crippen molar-refractivity contribution in [2.75, 3.05) is 6.54 Å². The monoisotopic (exact) mass is 446 g/mol. The Kier molecular flexibility index (Phi) is 12.2. The molecular weight excluding hydrogens is 412 g/mol. The lowest BCUT2D eigenvalue weighted by Crippen LogP contribution is -2.51. The molecule has 0 rings (SSSR count). The van der Waals surface area contributed by atoms with Gasteiger partial charge in [-0.1, -0.05) is 0 Å². The van der Waals surface area contributed by atoms with Gasteiger partial charge >= 0.3 is 18.0 Å². The number of carboxylic acid groups (broad SMARTS) is 2. The highest BCUT2D eigenvalue weighted by molar-refractivity contribution is 5.89. The molecule has 0 aromatic carbocycles. The number of hydrogen-bond donors (Lipinski definition) is 6. The Labute approximate surface area is 181 Å². The van der Waals surface area contributed by atoms with E-state index in [1.165, 1.54) is 6.92 Å². The molecule has 0 bridgehead atoms. The molecule has 178 valence electrons. The summed E-state index contributed by atoms with van der Waals surface area (Å²) < 4.78 is 5.03. The van der Waals surface area contributed by atoms with E-state index < -0.39 is 53.6 Å². The number of alkyl carbamates (subject to hydrolysis) is 1. The third-order valence-electron chi connectivity index (χ3n) is 3.98. The quantitative estimate of drug-likeness (QED) is 0.210. The van der Waals surface area contributed by atoms with Crippen LogP contribution in [0.2, 0.25) is 0 Å². The maximum Gasteiger partial charge on any atom is 0.408 e. The van der Waals surface area contributed by atoms with E-state index in [1.54, 1.807) is 20.8 Å². The summed E-state index contributed by atoms with van der Waals surface area (Å²) in [6.45, 7) is 6.70. The molecule has 0 aliphatic carbocycles. The lowest BCUT2D eigenvalue weighted by molar-refractivity contribution is -0.143. The number of carbonyl (C=O) groups excluding carboxylic acids is 3. The van der Waals surface area contributed by atoms with Crippen molar-refractivity contribution in [1.82, 2.24) is 16.0 Å². The van der Waals surface area contributed by atoms with Crippen molar-refractivity contribution in [3.8, 4) is 0 Å². The Morgan fingerprint density at radius 3 is 1.94 bits per heavy atom. The van der Waals surface area contributed by atoms with E-state index in [-0.39, 0.29) is 19.3 Å². The lowest BCUT2D eigenvalue weighted by atomic mass is 10.1. The van der Waals surface area contributed by atoms with Gasteiger partial charge in [-0.2, -0.15) is 0 Å². The third kappa shape index (κ3) is 13.1. The molecule has 31 heavy (non-hydrogen) atoms. The van der Waals surface area contributed by atoms with Gasteiger partial charge in [0.1, 0.15) is 23.7 Å². The molecule has 0 spiro atoms. The number of nitrogens with one attached hydrogen (secondary N) is 3. The molecule has 0 heterocycles. The summed E-state index contributed by atoms with van der Waals surface area (Å²) in [5.74, 6) is -4.00. The first-order valence-corrected chi connectivity index (χ1v) is 10.0. The summed E-state index contributed by atoms with van der Waals surface area (Å²) in [4.78, 5) is 58.6. The third-order valence-corrected chi connectivity index (χ3v) is 3.98. The van der Waals surface area contributed by atoms with Gasteiger partial charge in [0.25, 0.3) is 0 Å². The van der Waals surface area contributed by atoms with Crippen molar-refractivity contribution in [2.45, 2.75) is 83.5 Å². The van der Waals surface area contributed by atoms with Gasteiger partial charge in [0, 0.05) is 6.42 Å². The van der Waals surface area contributed by atoms with Crippen LogP contribution in [0.4, 0.5) is 4.79 Å². The van der Waals surface area contributed by atoms with Crippen LogP contribution in [0.1, 0.15) is 59.8 Å². The first kappa shape index (κ1) is 28.1. The predicted molar refractivity (Wildman–Crippen MR) is 110 cm³/mol. The zero-order valence-electron chi connectivity index (χ0n) is 18.4. The molecule has 0 aliphatic rings. The number of carboxylic acids is 2. The van der Waals surface area contributed by atoms with Crippen molar-refractivity contribution < 1.29 is 38.9 Å². The lowest BCUT2D eigenvalue weighted by Gasteiger charge is -2.22. The van der Waals surface area contributed by atoms with E-state index in [4.69, 9.17) is 15.6 Å². The molecule has 7 N–H and O–H groups in total. The molecule has 12 heteroatoms. The van der Waals surface area contributed by atoms with Crippen molar-refractivity contribution >= 4 is 29.8 Å². The Morgan fingerprint density at radius 2 is 1.45 bits per heavy atom. The number of carbonyl (C=O) groups is 5. The van der Waals surface area contributed by atoms with Crippen LogP contribution in [0.5, 0.6) is 0 Å². The van der Waals surface area contributed by atoms with E-state index in [9.17, 15) is 29.1 Å². The highest BCUT2D eigenvalue weighted by Gasteiger charge is 2.27. The van der Waals surface area contributed by atoms with Gasteiger partial charge in [0.05, 0.1) is 0 Å². The number of amides is 3. The Balaban J connectivity index is 4.69. The second kappa shape index (κ2) is 13.4. The fourth-order valence-corrected chi connectivity index (χ4v) is 2.40. The smallest absolute Gasteiger partial charge is 0.408 e. The predicted octanol–water partition coefficient (Wildman–Crippen LogP) is -0.0524. The second-order valence-electron chi connectivity index (χ2n) is 8.05. The molecular formula is C19H34N4O8. The summed E-state index contributed by atoms with van der Waals surface area (Å²) in [6, 6.07) is -3.58. The fraction of sp³-hybridized carbons (Fsp3) is 0.737. The van der Waals surface area contributed by atoms with E-state index in [1.807, 2.05) is 0 Å². The number of aliphatic carboxylic acids is 2. The highest BCUT2D eigenvalue weighted by atomic mass is 16.6. The Hall–Kier alpha value is -2.89. The standard InChI is InChI=1S/C19H34N4O8/c1-11(21-18(30)31-19(2,3)4)15(25)23-13(17(28)29)8-9-14(24)22-12(16(26)27)7-5-6-10-20/h11-13H,5-10,20H2,1-4H3,(H,21,30)(H,22,24)(H,23,25)(H,26,27)(H,28,29)/t11-,12-,13+/m0/s1. The Morgan fingerprint density at radius 1 is 0.903 bits per heavy atom. The van der Waals surface area contributed by atoms with Crippen LogP contribution >= 0.6 is 0 Å². The second-order valence-corrected chi connectivity index (χ2v) is 8.05. The molecule has 3 amide bonds. The molecule has 0 aliphatic heterocycles. The topological polar surface area (TPSA) is 197 Å². The SMILES string of the molecule is C[C@H](NC(=O)OC(C)(C)C)C(=O)N[C@H](CCC(=O)N[C@@H](CCCCN)C(=O)O)C(=O)O. The van der Waals surface area contributed by atoms with Crippen LogP contribution in [0.25, 0.3) is 0 Å². The fourth-order valence-electron chi connectivity index (χ4n) is 2.40. The minimum absolute atomic E-state index is 0.200. The van der Waals surface area contributed by atoms with E-state index >= 15 is 0 Å². The summed E-state index contributed by atoms with van der Waals surface area (Å²) in [5, 5.41) is 25.3. The van der Waals surface area contributed by atoms with Crippen LogP contribution < -0.4 is 21.7 Å². The normalized spacial score (nSPS) is 14.0. The molecule has 12 nitrogen and oxygen atoms in total. The molecule has 0 saturated carbocycles. The highest BCUT2D eigenvalue weighted by Crippen LogP contribution is 2.07. The van der Waals surface area contributed by atoms with E-state index in [0.29, 0.717) is 19.4 Å². The summed E-state index contributed by atoms with van der Waals surface area (Å²) in [7, 11) is 0. The summed E-state index contributed by atoms with van der Waals surface area (Å²) in [5.41, 5.74) is 4.59. The van der Waals surface area contributed by atoms with Crippen LogP contribution in [0.15, 0.2) is 0 Å². The molecule has 0 aromatic heterocycles. The van der Waals surface area contributed by atoms with E-state index in [0.717, 1.165) is 0 Å². The van der Waals surface area contributed by atoms with E-state index in [2.05, 4.69) is 16.0 Å². The zero-order chi connectivity index (χ0) is 24.2. The largest absolute Gasteiger partial charge is 0.480 e. The van der Waals surface area contributed by atoms with Gasteiger partial charge < -0.3 is 36.6 Å². The van der Waals surface area contributed by atoms with Crippen LogP contribution in [0.3, 0.4) is 0 Å². The van der Waals surface area contributed by atoms with Gasteiger partial charge in [0.2, 0.25) is 11.8 Å². The Bertz CT molecular complexity index is 647. The first-order chi connectivity index (χ1) is 14.3. The van der Waals surface area contributed by atoms with Gasteiger partial charge in [-0.25, -0.2) is 14.4 Å². The minimum Gasteiger partial charge on any atom is -0.480 e. The van der Waals surface area contributed by atoms with Gasteiger partial charge in [-0.3, -0.25) is 9.59 Å². The van der Waals surface area contributed by atoms with Gasteiger partial charge in [0.15, 0.2) is 0 Å². The molecule has 0 unspecified atom stereocenters. The minimum atomic E-state index is -1.40. The maximum atomic E-state index is 12.2. The first-order valence-electron chi connectivity index (χ1n) is 10.0. The van der Waals surface area contributed by atoms with Crippen molar-refractivity contribution in [2.24, 2.45) is 5.73 Å². The molecule has 0 radical (unpaired) electrons. The van der Waals surface area contributed by atoms with Crippen LogP contribution in [-0.2, 0) is 23.9 Å². The molecule has 3 atom stereocenters. The number of hydrogen-bond acceptors (Lipinski definition) is 7. The summed E-state index contributed by atoms with van der Waals surface area (Å²) >= 11 is 0. The van der Waals surface area contributed by atoms with Crippen LogP contribution in [-0.4, -0.2) is 70.3 Å². The summed E-state index contributed by atoms with van der Waals surface area (Å²) in [6.07, 6.45) is -0.0827. The number of ether oxygens (including phenoxy) is 1. The number of unbranched alkanes of at least 4 members (excludes halogenated alkanes) is 1. The zero-order valence-corrected chi connectivity index (χ0v) is 18.4.